The number of rotatable bonds is 6. The van der Waals surface area contributed by atoms with E-state index in [2.05, 4.69) is 26.8 Å². The van der Waals surface area contributed by atoms with Crippen LogP contribution in [0.2, 0.25) is 5.02 Å². The molecule has 0 aliphatic carbocycles. The number of amidine groups is 2. The molecule has 2 atom stereocenters. The predicted molar refractivity (Wildman–Crippen MR) is 135 cm³/mol. The van der Waals surface area contributed by atoms with Crippen molar-refractivity contribution >= 4 is 29.0 Å². The highest BCUT2D eigenvalue weighted by Gasteiger charge is 2.38. The zero-order chi connectivity index (χ0) is 25.0. The van der Waals surface area contributed by atoms with Gasteiger partial charge in [0.1, 0.15) is 23.9 Å². The number of para-hydroxylation sites is 1. The molecule has 3 rings (SSSR count). The van der Waals surface area contributed by atoms with E-state index in [0.29, 0.717) is 46.2 Å². The number of fused-ring (bicyclic) bond motifs is 1. The average Bonchev–Trinajstić information content (AvgIpc) is 2.89. The zero-order valence-electron chi connectivity index (χ0n) is 20.2. The van der Waals surface area contributed by atoms with E-state index in [1.54, 1.807) is 37.3 Å². The number of halogens is 1. The summed E-state index contributed by atoms with van der Waals surface area (Å²) in [7, 11) is 3.14. The van der Waals surface area contributed by atoms with Crippen molar-refractivity contribution in [3.63, 3.8) is 0 Å². The van der Waals surface area contributed by atoms with E-state index in [1.165, 1.54) is 0 Å². The van der Waals surface area contributed by atoms with Crippen molar-refractivity contribution in [1.29, 1.82) is 16.1 Å². The summed E-state index contributed by atoms with van der Waals surface area (Å²) in [4.78, 5) is 1.63. The summed E-state index contributed by atoms with van der Waals surface area (Å²) in [5, 5.41) is 27.7. The van der Waals surface area contributed by atoms with Crippen LogP contribution in [0.25, 0.3) is 0 Å². The minimum atomic E-state index is -0.716. The van der Waals surface area contributed by atoms with Gasteiger partial charge in [-0.3, -0.25) is 15.7 Å². The lowest BCUT2D eigenvalue weighted by molar-refractivity contribution is 0.0436. The van der Waals surface area contributed by atoms with Gasteiger partial charge in [0.2, 0.25) is 0 Å². The van der Waals surface area contributed by atoms with Crippen LogP contribution in [0.5, 0.6) is 11.5 Å². The second-order valence-corrected chi connectivity index (χ2v) is 9.83. The van der Waals surface area contributed by atoms with Crippen LogP contribution in [-0.2, 0) is 4.74 Å². The van der Waals surface area contributed by atoms with E-state index in [9.17, 15) is 5.26 Å². The normalized spacial score (nSPS) is 18.0. The number of hydrogen-bond acceptors (Lipinski definition) is 6. The Morgan fingerprint density at radius 2 is 1.91 bits per heavy atom. The third-order valence-corrected chi connectivity index (χ3v) is 5.80. The van der Waals surface area contributed by atoms with Gasteiger partial charge in [-0.1, -0.05) is 44.5 Å². The van der Waals surface area contributed by atoms with Gasteiger partial charge < -0.3 is 14.2 Å². The van der Waals surface area contributed by atoms with Crippen molar-refractivity contribution < 1.29 is 14.2 Å². The molecule has 2 aromatic carbocycles. The van der Waals surface area contributed by atoms with Crippen LogP contribution in [0.4, 0.5) is 5.69 Å². The molecule has 0 fully saturated rings. The summed E-state index contributed by atoms with van der Waals surface area (Å²) in [6.45, 7) is 6.16. The van der Waals surface area contributed by atoms with Crippen LogP contribution in [0, 0.1) is 27.6 Å². The van der Waals surface area contributed by atoms with Crippen molar-refractivity contribution in [2.75, 3.05) is 19.1 Å². The van der Waals surface area contributed by atoms with E-state index in [0.717, 1.165) is 0 Å². The summed E-state index contributed by atoms with van der Waals surface area (Å²) in [5.74, 6) is 1.48. The third kappa shape index (κ3) is 5.35. The smallest absolute Gasteiger partial charge is 0.166 e. The molecule has 7 nitrogen and oxygen atoms in total. The SMILES string of the molecule is COc1cccc([C@H]2O[C@H](CCC#N)C(=N)N(C(=N)CC(C)(C)C)c3ccc(Cl)cc32)c1OC. The minimum absolute atomic E-state index is 0.123. The molecule has 0 bridgehead atoms. The van der Waals surface area contributed by atoms with E-state index in [1.807, 2.05) is 18.2 Å². The number of nitrogens with zero attached hydrogens (tertiary/aromatic N) is 2. The van der Waals surface area contributed by atoms with E-state index >= 15 is 0 Å². The predicted octanol–water partition coefficient (Wildman–Crippen LogP) is 6.35. The van der Waals surface area contributed by atoms with Crippen LogP contribution in [0.3, 0.4) is 0 Å². The van der Waals surface area contributed by atoms with E-state index in [4.69, 9.17) is 36.6 Å². The molecular weight excluding hydrogens is 452 g/mol. The summed E-state index contributed by atoms with van der Waals surface area (Å²) in [6.07, 6.45) is -0.386. The lowest BCUT2D eigenvalue weighted by Gasteiger charge is -2.31. The van der Waals surface area contributed by atoms with Gasteiger partial charge in [-0.25, -0.2) is 0 Å². The molecule has 0 saturated carbocycles. The molecule has 34 heavy (non-hydrogen) atoms. The standard InChI is InChI=1S/C26H31ClN4O3/c1-26(2,3)15-22(29)31-19-12-11-16(27)14-18(19)23(34-21(25(31)30)10-7-13-28)17-8-6-9-20(32-4)24(17)33-5/h6,8-9,11-12,14,21,23,29-30H,7,10,15H2,1-5H3/t21-,23-/m1/s1. The van der Waals surface area contributed by atoms with Gasteiger partial charge in [0.25, 0.3) is 0 Å². The molecular formula is C26H31ClN4O3. The van der Waals surface area contributed by atoms with Gasteiger partial charge in [0, 0.05) is 29.0 Å². The molecule has 0 aromatic heterocycles. The Labute approximate surface area is 206 Å². The molecule has 1 aliphatic heterocycles. The molecule has 0 amide bonds. The van der Waals surface area contributed by atoms with Crippen LogP contribution in [0.15, 0.2) is 36.4 Å². The molecule has 0 saturated heterocycles. The highest BCUT2D eigenvalue weighted by Crippen LogP contribution is 2.45. The first-order chi connectivity index (χ1) is 16.1. The number of benzene rings is 2. The fourth-order valence-electron chi connectivity index (χ4n) is 4.15. The lowest BCUT2D eigenvalue weighted by Crippen LogP contribution is -2.43. The van der Waals surface area contributed by atoms with Gasteiger partial charge in [0.05, 0.1) is 26.0 Å². The maximum Gasteiger partial charge on any atom is 0.166 e. The number of hydrogen-bond donors (Lipinski definition) is 2. The Hall–Kier alpha value is -3.08. The Morgan fingerprint density at radius 3 is 2.53 bits per heavy atom. The number of nitrogens with one attached hydrogen (secondary N) is 2. The zero-order valence-corrected chi connectivity index (χ0v) is 21.0. The quantitative estimate of drug-likeness (QED) is 0.369. The van der Waals surface area contributed by atoms with Crippen molar-refractivity contribution in [1.82, 2.24) is 0 Å². The molecule has 8 heteroatoms. The Balaban J connectivity index is 2.26. The van der Waals surface area contributed by atoms with Gasteiger partial charge in [0.15, 0.2) is 11.5 Å². The number of methoxy groups -OCH3 is 2. The van der Waals surface area contributed by atoms with E-state index in [-0.39, 0.29) is 23.5 Å². The fraction of sp³-hybridized carbons (Fsp3) is 0.423. The van der Waals surface area contributed by atoms with Gasteiger partial charge >= 0.3 is 0 Å². The summed E-state index contributed by atoms with van der Waals surface area (Å²) >= 11 is 6.42. The van der Waals surface area contributed by atoms with Crippen molar-refractivity contribution in [3.8, 4) is 17.6 Å². The minimum Gasteiger partial charge on any atom is -0.493 e. The first kappa shape index (κ1) is 25.5. The molecule has 2 aromatic rings. The molecule has 0 radical (unpaired) electrons. The van der Waals surface area contributed by atoms with Crippen LogP contribution >= 0.6 is 11.6 Å². The Morgan fingerprint density at radius 1 is 1.18 bits per heavy atom. The van der Waals surface area contributed by atoms with Crippen molar-refractivity contribution in [2.24, 2.45) is 5.41 Å². The third-order valence-electron chi connectivity index (χ3n) is 5.56. The molecule has 2 N–H and O–H groups in total. The second kappa shape index (κ2) is 10.5. The maximum absolute atomic E-state index is 9.24. The molecule has 1 heterocycles. The van der Waals surface area contributed by atoms with Crippen LogP contribution < -0.4 is 14.4 Å². The number of nitriles is 1. The van der Waals surface area contributed by atoms with Crippen LogP contribution in [0.1, 0.15) is 57.3 Å². The maximum atomic E-state index is 9.24. The summed E-state index contributed by atoms with van der Waals surface area (Å²) in [6, 6.07) is 13.1. The summed E-state index contributed by atoms with van der Waals surface area (Å²) in [5.41, 5.74) is 1.92. The molecule has 1 aliphatic rings. The topological polar surface area (TPSA) is 102 Å². The highest BCUT2D eigenvalue weighted by atomic mass is 35.5. The first-order valence-corrected chi connectivity index (χ1v) is 11.5. The Bertz CT molecular complexity index is 1120. The van der Waals surface area contributed by atoms with Crippen molar-refractivity contribution in [3.05, 3.63) is 52.5 Å². The van der Waals surface area contributed by atoms with Gasteiger partial charge in [-0.05, 0) is 36.1 Å². The first-order valence-electron chi connectivity index (χ1n) is 11.1. The van der Waals surface area contributed by atoms with Gasteiger partial charge in [-0.15, -0.1) is 0 Å². The van der Waals surface area contributed by atoms with E-state index < -0.39 is 12.2 Å². The highest BCUT2D eigenvalue weighted by molar-refractivity contribution is 6.31. The largest absolute Gasteiger partial charge is 0.493 e. The summed E-state index contributed by atoms with van der Waals surface area (Å²) < 4.78 is 17.7. The average molecular weight is 483 g/mol. The fourth-order valence-corrected chi connectivity index (χ4v) is 4.33. The Kier molecular flexibility index (Phi) is 7.86. The van der Waals surface area contributed by atoms with Crippen molar-refractivity contribution in [2.45, 2.75) is 52.2 Å². The molecule has 180 valence electrons. The molecule has 0 spiro atoms. The lowest BCUT2D eigenvalue weighted by atomic mass is 9.90. The van der Waals surface area contributed by atoms with Gasteiger partial charge in [-0.2, -0.15) is 5.26 Å². The molecule has 0 unspecified atom stereocenters. The second-order valence-electron chi connectivity index (χ2n) is 9.39. The number of ether oxygens (including phenoxy) is 3. The van der Waals surface area contributed by atoms with Crippen LogP contribution in [-0.4, -0.2) is 32.0 Å². The monoisotopic (exact) mass is 482 g/mol. The number of anilines is 1.